The van der Waals surface area contributed by atoms with Crippen LogP contribution in [0.2, 0.25) is 0 Å². The molecule has 3 N–H and O–H groups in total. The van der Waals surface area contributed by atoms with Crippen LogP contribution in [0.4, 0.5) is 5.69 Å². The number of anilines is 1. The summed E-state index contributed by atoms with van der Waals surface area (Å²) in [6, 6.07) is 6.25. The molecular weight excluding hydrogens is 398 g/mol. The molecule has 3 atom stereocenters. The number of nitrogens with zero attached hydrogens (tertiary/aromatic N) is 1. The Kier molecular flexibility index (Phi) is 7.46. The van der Waals surface area contributed by atoms with Gasteiger partial charge in [-0.05, 0) is 94.4 Å². The largest absolute Gasteiger partial charge is 0.336 e. The molecule has 2 amide bonds. The third kappa shape index (κ3) is 4.67. The van der Waals surface area contributed by atoms with E-state index in [1.54, 1.807) is 0 Å². The smallest absolute Gasteiger partial charge is 0.254 e. The third-order valence-corrected chi connectivity index (χ3v) is 7.58. The summed E-state index contributed by atoms with van der Waals surface area (Å²) in [4.78, 5) is 27.8. The lowest BCUT2D eigenvalue weighted by molar-refractivity contribution is -0.122. The van der Waals surface area contributed by atoms with Gasteiger partial charge in [0.1, 0.15) is 0 Å². The van der Waals surface area contributed by atoms with Crippen molar-refractivity contribution in [3.05, 3.63) is 29.3 Å². The zero-order valence-corrected chi connectivity index (χ0v) is 19.0. The van der Waals surface area contributed by atoms with Crippen molar-refractivity contribution in [2.24, 2.45) is 23.5 Å². The van der Waals surface area contributed by atoms with Crippen molar-refractivity contribution >= 4 is 29.9 Å². The van der Waals surface area contributed by atoms with Crippen molar-refractivity contribution in [1.29, 1.82) is 0 Å². The summed E-state index contributed by atoms with van der Waals surface area (Å²) in [7, 11) is 0. The fourth-order valence-corrected chi connectivity index (χ4v) is 5.74. The number of nitrogens with two attached hydrogens (primary N) is 1. The molecule has 1 aromatic carbocycles. The average molecular weight is 434 g/mol. The number of benzene rings is 1. The van der Waals surface area contributed by atoms with Crippen LogP contribution in [0, 0.1) is 24.7 Å². The van der Waals surface area contributed by atoms with Gasteiger partial charge in [-0.1, -0.05) is 6.42 Å². The maximum Gasteiger partial charge on any atom is 0.254 e. The van der Waals surface area contributed by atoms with Crippen LogP contribution in [0.5, 0.6) is 0 Å². The summed E-state index contributed by atoms with van der Waals surface area (Å²) in [5.41, 5.74) is 8.85. The van der Waals surface area contributed by atoms with Crippen LogP contribution in [0.3, 0.4) is 0 Å². The molecule has 1 heterocycles. The summed E-state index contributed by atoms with van der Waals surface area (Å²) in [5, 5.41) is 3.13. The Bertz CT molecular complexity index is 770. The number of halogens is 1. The number of carbonyl (C=O) groups is 2. The van der Waals surface area contributed by atoms with Crippen LogP contribution in [-0.2, 0) is 4.79 Å². The predicted molar refractivity (Wildman–Crippen MR) is 123 cm³/mol. The molecule has 3 fully saturated rings. The lowest BCUT2D eigenvalue weighted by Crippen LogP contribution is -2.48. The highest BCUT2D eigenvalue weighted by Gasteiger charge is 2.40. The van der Waals surface area contributed by atoms with Gasteiger partial charge in [0, 0.05) is 35.8 Å². The van der Waals surface area contributed by atoms with Crippen LogP contribution < -0.4 is 11.1 Å². The topological polar surface area (TPSA) is 75.4 Å². The molecule has 6 heteroatoms. The van der Waals surface area contributed by atoms with Gasteiger partial charge in [-0.3, -0.25) is 9.59 Å². The Balaban J connectivity index is 0.00000256. The number of likely N-dealkylation sites (tertiary alicyclic amines) is 1. The number of fused-ring (bicyclic) bond motifs is 2. The van der Waals surface area contributed by atoms with Gasteiger partial charge in [0.05, 0.1) is 0 Å². The number of hydrogen-bond acceptors (Lipinski definition) is 3. The van der Waals surface area contributed by atoms with Gasteiger partial charge in [0.25, 0.3) is 5.91 Å². The van der Waals surface area contributed by atoms with Crippen LogP contribution in [0.1, 0.15) is 74.2 Å². The van der Waals surface area contributed by atoms with Crippen LogP contribution in [0.25, 0.3) is 0 Å². The number of hydrogen-bond donors (Lipinski definition) is 2. The average Bonchev–Trinajstić information content (AvgIpc) is 2.69. The molecule has 5 nitrogen and oxygen atoms in total. The highest BCUT2D eigenvalue weighted by molar-refractivity contribution is 5.97. The normalized spacial score (nSPS) is 30.9. The molecule has 0 radical (unpaired) electrons. The summed E-state index contributed by atoms with van der Waals surface area (Å²) in [6.45, 7) is 4.94. The molecule has 1 aromatic rings. The minimum atomic E-state index is 0. The number of carbonyl (C=O) groups excluding carboxylic acids is 2. The Morgan fingerprint density at radius 1 is 1.07 bits per heavy atom. The summed E-state index contributed by atoms with van der Waals surface area (Å²) in [6.07, 6.45) is 8.74. The highest BCUT2D eigenvalue weighted by atomic mass is 35.5. The molecule has 166 valence electrons. The van der Waals surface area contributed by atoms with Gasteiger partial charge < -0.3 is 16.0 Å². The molecule has 3 aliphatic rings. The van der Waals surface area contributed by atoms with Crippen molar-refractivity contribution in [2.75, 3.05) is 11.9 Å². The Labute approximate surface area is 186 Å². The molecule has 1 saturated heterocycles. The summed E-state index contributed by atoms with van der Waals surface area (Å²) < 4.78 is 0. The molecular formula is C24H36ClN3O2. The number of aryl methyl sites for hydroxylation is 1. The van der Waals surface area contributed by atoms with E-state index >= 15 is 0 Å². The molecule has 0 spiro atoms. The maximum absolute atomic E-state index is 12.9. The van der Waals surface area contributed by atoms with E-state index in [0.29, 0.717) is 23.4 Å². The van der Waals surface area contributed by atoms with E-state index in [0.717, 1.165) is 56.3 Å². The Morgan fingerprint density at radius 3 is 2.40 bits per heavy atom. The molecule has 2 saturated carbocycles. The van der Waals surface area contributed by atoms with Gasteiger partial charge in [0.2, 0.25) is 5.91 Å². The lowest BCUT2D eigenvalue weighted by Gasteiger charge is -2.43. The first kappa shape index (κ1) is 23.1. The highest BCUT2D eigenvalue weighted by Crippen LogP contribution is 2.42. The maximum atomic E-state index is 12.9. The molecule has 1 aliphatic heterocycles. The number of rotatable bonds is 3. The van der Waals surface area contributed by atoms with Gasteiger partial charge in [0.15, 0.2) is 0 Å². The number of piperidine rings is 1. The van der Waals surface area contributed by atoms with E-state index in [-0.39, 0.29) is 36.2 Å². The molecule has 2 aliphatic carbocycles. The van der Waals surface area contributed by atoms with E-state index in [1.807, 2.05) is 30.0 Å². The van der Waals surface area contributed by atoms with Gasteiger partial charge >= 0.3 is 0 Å². The first-order valence-electron chi connectivity index (χ1n) is 11.4. The fraction of sp³-hybridized carbons (Fsp3) is 0.667. The Hall–Kier alpha value is -1.59. The molecule has 4 rings (SSSR count). The van der Waals surface area contributed by atoms with Crippen LogP contribution in [-0.4, -0.2) is 35.3 Å². The van der Waals surface area contributed by atoms with E-state index in [9.17, 15) is 9.59 Å². The van der Waals surface area contributed by atoms with Crippen LogP contribution in [0.15, 0.2) is 18.2 Å². The van der Waals surface area contributed by atoms with Crippen LogP contribution >= 0.6 is 12.4 Å². The predicted octanol–water partition coefficient (Wildman–Crippen LogP) is 4.52. The minimum Gasteiger partial charge on any atom is -0.336 e. The molecule has 0 aromatic heterocycles. The zero-order valence-electron chi connectivity index (χ0n) is 18.2. The van der Waals surface area contributed by atoms with E-state index in [1.165, 1.54) is 12.8 Å². The van der Waals surface area contributed by atoms with Crippen molar-refractivity contribution < 1.29 is 9.59 Å². The Morgan fingerprint density at radius 2 is 1.77 bits per heavy atom. The van der Waals surface area contributed by atoms with Gasteiger partial charge in [-0.15, -0.1) is 12.4 Å². The first-order chi connectivity index (χ1) is 13.9. The summed E-state index contributed by atoms with van der Waals surface area (Å²) >= 11 is 0. The molecule has 30 heavy (non-hydrogen) atoms. The van der Waals surface area contributed by atoms with Crippen molar-refractivity contribution in [1.82, 2.24) is 4.90 Å². The van der Waals surface area contributed by atoms with Gasteiger partial charge in [-0.2, -0.15) is 0 Å². The quantitative estimate of drug-likeness (QED) is 0.735. The zero-order chi connectivity index (χ0) is 20.5. The number of amides is 2. The second-order valence-electron chi connectivity index (χ2n) is 9.56. The monoisotopic (exact) mass is 433 g/mol. The lowest BCUT2D eigenvalue weighted by atomic mass is 9.65. The first-order valence-corrected chi connectivity index (χ1v) is 11.4. The van der Waals surface area contributed by atoms with E-state index in [4.69, 9.17) is 5.73 Å². The fourth-order valence-electron chi connectivity index (χ4n) is 5.74. The SMILES string of the molecule is Cc1cc(C(=O)N2CCCCC2C)ccc1NC(=O)C1CC2CCCC(C1)C2N.Cl. The van der Waals surface area contributed by atoms with Gasteiger partial charge in [-0.25, -0.2) is 0 Å². The standard InChI is InChI=1S/C24H35N3O2.ClH/c1-15-12-19(24(29)27-11-4-3-6-16(27)2)9-10-21(15)26-23(28)20-13-17-7-5-8-18(14-20)22(17)25;/h9-10,12,16-18,20,22H,3-8,11,13-14,25H2,1-2H3,(H,26,28);1H. The van der Waals surface area contributed by atoms with Crippen molar-refractivity contribution in [3.63, 3.8) is 0 Å². The van der Waals surface area contributed by atoms with E-state index in [2.05, 4.69) is 12.2 Å². The molecule has 2 bridgehead atoms. The van der Waals surface area contributed by atoms with E-state index < -0.39 is 0 Å². The molecule has 3 unspecified atom stereocenters. The number of nitrogens with one attached hydrogen (secondary N) is 1. The third-order valence-electron chi connectivity index (χ3n) is 7.58. The minimum absolute atomic E-state index is 0. The second-order valence-corrected chi connectivity index (χ2v) is 9.56. The second kappa shape index (κ2) is 9.69. The van der Waals surface area contributed by atoms with Crippen molar-refractivity contribution in [3.8, 4) is 0 Å². The summed E-state index contributed by atoms with van der Waals surface area (Å²) in [5.74, 6) is 1.25. The van der Waals surface area contributed by atoms with Crippen molar-refractivity contribution in [2.45, 2.75) is 77.3 Å².